The molecule has 24 heavy (non-hydrogen) atoms. The van der Waals surface area contributed by atoms with Crippen molar-refractivity contribution in [3.63, 3.8) is 0 Å². The lowest BCUT2D eigenvalue weighted by Crippen LogP contribution is -2.54. The molecular formula is C17H13IN2O3S. The van der Waals surface area contributed by atoms with Gasteiger partial charge in [-0.2, -0.15) is 0 Å². The first kappa shape index (κ1) is 16.8. The molecule has 1 aliphatic rings. The molecule has 1 saturated heterocycles. The van der Waals surface area contributed by atoms with E-state index in [0.717, 1.165) is 11.1 Å². The molecule has 0 bridgehead atoms. The number of carbonyl (C=O) groups excluding carboxylic acids is 2. The number of furan rings is 1. The molecule has 1 N–H and O–H groups in total. The van der Waals surface area contributed by atoms with Gasteiger partial charge < -0.3 is 4.42 Å². The molecule has 0 radical (unpaired) electrons. The highest BCUT2D eigenvalue weighted by Crippen LogP contribution is 2.24. The van der Waals surface area contributed by atoms with Gasteiger partial charge in [0, 0.05) is 0 Å². The average molecular weight is 452 g/mol. The number of benzene rings is 1. The van der Waals surface area contributed by atoms with Crippen LogP contribution in [0.25, 0.3) is 6.08 Å². The summed E-state index contributed by atoms with van der Waals surface area (Å²) in [4.78, 5) is 26.3. The third-order valence-corrected chi connectivity index (χ3v) is 4.60. The number of amides is 2. The van der Waals surface area contributed by atoms with E-state index in [2.05, 4.69) is 5.32 Å². The van der Waals surface area contributed by atoms with Crippen molar-refractivity contribution in [1.29, 1.82) is 0 Å². The molecule has 1 fully saturated rings. The van der Waals surface area contributed by atoms with Crippen molar-refractivity contribution < 1.29 is 14.0 Å². The van der Waals surface area contributed by atoms with Gasteiger partial charge in [-0.05, 0) is 90.1 Å². The zero-order chi connectivity index (χ0) is 17.4. The molecule has 7 heteroatoms. The lowest BCUT2D eigenvalue weighted by molar-refractivity contribution is -0.122. The minimum absolute atomic E-state index is 0.0208. The van der Waals surface area contributed by atoms with Crippen LogP contribution in [0.5, 0.6) is 0 Å². The van der Waals surface area contributed by atoms with E-state index in [1.165, 1.54) is 11.0 Å². The highest BCUT2D eigenvalue weighted by atomic mass is 127. The standard InChI is InChI=1S/C17H13IN2O3S/c1-9-3-4-11(7-10(9)2)20-16(22)13(15(21)19-17(20)24)8-12-5-6-14(18)23-12/h3-8H,1-2H3,(H,19,21,24)/b13-8+. The Bertz CT molecular complexity index is 901. The highest BCUT2D eigenvalue weighted by molar-refractivity contribution is 14.1. The first-order chi connectivity index (χ1) is 11.4. The number of anilines is 1. The van der Waals surface area contributed by atoms with Crippen molar-refractivity contribution in [3.05, 3.63) is 56.6 Å². The summed E-state index contributed by atoms with van der Waals surface area (Å²) < 4.78 is 6.08. The number of aryl methyl sites for hydroxylation is 2. The smallest absolute Gasteiger partial charge is 0.270 e. The van der Waals surface area contributed by atoms with Crippen LogP contribution in [0.4, 0.5) is 5.69 Å². The van der Waals surface area contributed by atoms with E-state index >= 15 is 0 Å². The van der Waals surface area contributed by atoms with Gasteiger partial charge in [0.25, 0.3) is 11.8 Å². The van der Waals surface area contributed by atoms with Crippen LogP contribution in [-0.4, -0.2) is 16.9 Å². The summed E-state index contributed by atoms with van der Waals surface area (Å²) in [5.41, 5.74) is 2.74. The van der Waals surface area contributed by atoms with Gasteiger partial charge in [0.15, 0.2) is 8.88 Å². The van der Waals surface area contributed by atoms with Gasteiger partial charge in [-0.15, -0.1) is 0 Å². The maximum atomic E-state index is 12.8. The molecule has 5 nitrogen and oxygen atoms in total. The third-order valence-electron chi connectivity index (χ3n) is 3.73. The van der Waals surface area contributed by atoms with Gasteiger partial charge in [-0.1, -0.05) is 6.07 Å². The summed E-state index contributed by atoms with van der Waals surface area (Å²) in [5.74, 6) is -0.569. The maximum absolute atomic E-state index is 12.8. The Hall–Kier alpha value is -2.00. The van der Waals surface area contributed by atoms with Crippen LogP contribution >= 0.6 is 34.8 Å². The fraction of sp³-hybridized carbons (Fsp3) is 0.118. The number of rotatable bonds is 2. The van der Waals surface area contributed by atoms with Crippen molar-refractivity contribution in [2.24, 2.45) is 0 Å². The molecule has 0 spiro atoms. The summed E-state index contributed by atoms with van der Waals surface area (Å²) in [6.07, 6.45) is 1.43. The summed E-state index contributed by atoms with van der Waals surface area (Å²) in [6, 6.07) is 9.03. The van der Waals surface area contributed by atoms with Gasteiger partial charge in [-0.3, -0.25) is 19.8 Å². The SMILES string of the molecule is Cc1ccc(N2C(=O)/C(=C/c3ccc(I)o3)C(=O)NC2=S)cc1C. The second-order valence-electron chi connectivity index (χ2n) is 5.37. The predicted molar refractivity (Wildman–Crippen MR) is 104 cm³/mol. The van der Waals surface area contributed by atoms with Crippen LogP contribution < -0.4 is 10.2 Å². The highest BCUT2D eigenvalue weighted by Gasteiger charge is 2.34. The van der Waals surface area contributed by atoms with Crippen LogP contribution in [0.15, 0.2) is 40.3 Å². The molecule has 2 amide bonds. The Balaban J connectivity index is 2.02. The first-order valence-electron chi connectivity index (χ1n) is 7.11. The van der Waals surface area contributed by atoms with Crippen LogP contribution in [0.1, 0.15) is 16.9 Å². The summed E-state index contributed by atoms with van der Waals surface area (Å²) in [7, 11) is 0. The topological polar surface area (TPSA) is 62.6 Å². The van der Waals surface area contributed by atoms with E-state index in [9.17, 15) is 9.59 Å². The number of nitrogens with one attached hydrogen (secondary N) is 1. The fourth-order valence-corrected chi connectivity index (χ4v) is 3.02. The van der Waals surface area contributed by atoms with E-state index in [-0.39, 0.29) is 10.7 Å². The lowest BCUT2D eigenvalue weighted by atomic mass is 10.1. The number of hydrogen-bond donors (Lipinski definition) is 1. The van der Waals surface area contributed by atoms with Crippen molar-refractivity contribution in [2.45, 2.75) is 13.8 Å². The van der Waals surface area contributed by atoms with Crippen molar-refractivity contribution in [2.75, 3.05) is 4.90 Å². The van der Waals surface area contributed by atoms with Gasteiger partial charge in [0.05, 0.1) is 5.69 Å². The normalized spacial score (nSPS) is 16.7. The Morgan fingerprint density at radius 3 is 2.54 bits per heavy atom. The number of thiocarbonyl (C=S) groups is 1. The zero-order valence-corrected chi connectivity index (χ0v) is 15.9. The minimum atomic E-state index is -0.531. The molecular weight excluding hydrogens is 439 g/mol. The Labute approximate surface area is 157 Å². The number of carbonyl (C=O) groups is 2. The van der Waals surface area contributed by atoms with Crippen molar-refractivity contribution in [1.82, 2.24) is 5.32 Å². The number of halogens is 1. The van der Waals surface area contributed by atoms with E-state index in [4.69, 9.17) is 16.6 Å². The zero-order valence-electron chi connectivity index (χ0n) is 12.9. The van der Waals surface area contributed by atoms with Crippen LogP contribution in [0.3, 0.4) is 0 Å². The maximum Gasteiger partial charge on any atom is 0.270 e. The number of hydrogen-bond acceptors (Lipinski definition) is 4. The minimum Gasteiger partial charge on any atom is -0.451 e. The quantitative estimate of drug-likeness (QED) is 0.329. The Morgan fingerprint density at radius 2 is 1.92 bits per heavy atom. The van der Waals surface area contributed by atoms with E-state index in [0.29, 0.717) is 15.2 Å². The van der Waals surface area contributed by atoms with Crippen molar-refractivity contribution in [3.8, 4) is 0 Å². The third kappa shape index (κ3) is 3.13. The molecule has 0 saturated carbocycles. The van der Waals surface area contributed by atoms with Crippen LogP contribution in [-0.2, 0) is 9.59 Å². The van der Waals surface area contributed by atoms with E-state index in [1.807, 2.05) is 48.6 Å². The molecule has 0 atom stereocenters. The molecule has 1 aliphatic heterocycles. The molecule has 0 aliphatic carbocycles. The monoisotopic (exact) mass is 452 g/mol. The molecule has 122 valence electrons. The second-order valence-corrected chi connectivity index (χ2v) is 6.82. The predicted octanol–water partition coefficient (Wildman–Crippen LogP) is 3.33. The molecule has 1 aromatic carbocycles. The molecule has 0 unspecified atom stereocenters. The molecule has 2 aromatic rings. The summed E-state index contributed by atoms with van der Waals surface area (Å²) in [6.45, 7) is 3.94. The van der Waals surface area contributed by atoms with Crippen molar-refractivity contribution >= 4 is 63.5 Å². The molecule has 2 heterocycles. The summed E-state index contributed by atoms with van der Waals surface area (Å²) in [5, 5.41) is 2.62. The largest absolute Gasteiger partial charge is 0.451 e. The molecule has 3 rings (SSSR count). The summed E-state index contributed by atoms with van der Waals surface area (Å²) >= 11 is 7.20. The van der Waals surface area contributed by atoms with Crippen LogP contribution in [0.2, 0.25) is 0 Å². The average Bonchev–Trinajstić information content (AvgIpc) is 2.92. The van der Waals surface area contributed by atoms with Crippen LogP contribution in [0, 0.1) is 17.6 Å². The van der Waals surface area contributed by atoms with E-state index in [1.54, 1.807) is 18.2 Å². The molecule has 1 aromatic heterocycles. The number of nitrogens with zero attached hydrogens (tertiary/aromatic N) is 1. The van der Waals surface area contributed by atoms with Gasteiger partial charge in [-0.25, -0.2) is 0 Å². The second kappa shape index (κ2) is 6.48. The van der Waals surface area contributed by atoms with Gasteiger partial charge in [0.2, 0.25) is 0 Å². The first-order valence-corrected chi connectivity index (χ1v) is 8.59. The van der Waals surface area contributed by atoms with Gasteiger partial charge in [0.1, 0.15) is 11.3 Å². The Morgan fingerprint density at radius 1 is 1.17 bits per heavy atom. The van der Waals surface area contributed by atoms with Gasteiger partial charge >= 0.3 is 0 Å². The fourth-order valence-electron chi connectivity index (χ4n) is 2.30. The van der Waals surface area contributed by atoms with E-state index < -0.39 is 11.8 Å². The lowest BCUT2D eigenvalue weighted by Gasteiger charge is -2.29. The Kier molecular flexibility index (Phi) is 4.55.